The third kappa shape index (κ3) is 3.26. The van der Waals surface area contributed by atoms with Gasteiger partial charge in [0, 0.05) is 11.9 Å². The van der Waals surface area contributed by atoms with Gasteiger partial charge in [-0.2, -0.15) is 0 Å². The number of primary amides is 1. The van der Waals surface area contributed by atoms with Crippen molar-refractivity contribution in [2.24, 2.45) is 5.73 Å². The molecule has 6 nitrogen and oxygen atoms in total. The van der Waals surface area contributed by atoms with Crippen LogP contribution in [0.5, 0.6) is 0 Å². The molecule has 0 aliphatic carbocycles. The van der Waals surface area contributed by atoms with E-state index in [2.05, 4.69) is 9.97 Å². The normalized spacial score (nSPS) is 14.6. The Hall–Kier alpha value is -1.53. The maximum absolute atomic E-state index is 10.5. The molecule has 0 fully saturated rings. The summed E-state index contributed by atoms with van der Waals surface area (Å²) in [7, 11) is 0. The Balaban J connectivity index is 2.75. The number of nitrogens with zero attached hydrogens (tertiary/aromatic N) is 2. The van der Waals surface area contributed by atoms with Gasteiger partial charge in [0.1, 0.15) is 6.10 Å². The van der Waals surface area contributed by atoms with Crippen molar-refractivity contribution in [2.75, 3.05) is 0 Å². The molecule has 4 N–H and O–H groups in total. The highest BCUT2D eigenvalue weighted by Gasteiger charge is 2.22. The number of aromatic nitrogens is 2. The Kier molecular flexibility index (Phi) is 3.70. The molecule has 1 rings (SSSR count). The minimum atomic E-state index is -1.29. The molecule has 15 heavy (non-hydrogen) atoms. The van der Waals surface area contributed by atoms with E-state index in [4.69, 9.17) is 5.73 Å². The second kappa shape index (κ2) is 4.81. The monoisotopic (exact) mass is 211 g/mol. The van der Waals surface area contributed by atoms with Crippen molar-refractivity contribution in [1.29, 1.82) is 0 Å². The molecule has 0 saturated heterocycles. The molecule has 1 aromatic heterocycles. The highest BCUT2D eigenvalue weighted by molar-refractivity contribution is 5.74. The first-order valence-electron chi connectivity index (χ1n) is 4.44. The van der Waals surface area contributed by atoms with Crippen molar-refractivity contribution in [3.05, 3.63) is 23.8 Å². The van der Waals surface area contributed by atoms with Gasteiger partial charge >= 0.3 is 0 Å². The van der Waals surface area contributed by atoms with Crippen LogP contribution in [-0.4, -0.2) is 32.2 Å². The molecule has 0 aliphatic heterocycles. The number of amides is 1. The Bertz CT molecular complexity index is 356. The number of aliphatic hydroxyl groups excluding tert-OH is 2. The number of aliphatic hydroxyl groups is 2. The number of rotatable bonds is 4. The number of carbonyl (C=O) groups excluding carboxylic acids is 1. The minimum absolute atomic E-state index is 0.0868. The van der Waals surface area contributed by atoms with Crippen LogP contribution in [-0.2, 0) is 4.79 Å². The number of carbonyl (C=O) groups is 1. The number of hydrogen-bond acceptors (Lipinski definition) is 5. The molecule has 0 spiro atoms. The van der Waals surface area contributed by atoms with Crippen molar-refractivity contribution in [2.45, 2.75) is 25.6 Å². The Morgan fingerprint density at radius 2 is 2.27 bits per heavy atom. The Morgan fingerprint density at radius 3 is 2.80 bits per heavy atom. The van der Waals surface area contributed by atoms with Crippen LogP contribution in [0.15, 0.2) is 12.3 Å². The van der Waals surface area contributed by atoms with E-state index in [9.17, 15) is 15.0 Å². The minimum Gasteiger partial charge on any atom is -0.389 e. The van der Waals surface area contributed by atoms with E-state index in [1.165, 1.54) is 6.20 Å². The molecule has 0 radical (unpaired) electrons. The smallest absolute Gasteiger partial charge is 0.220 e. The zero-order valence-corrected chi connectivity index (χ0v) is 8.29. The lowest BCUT2D eigenvalue weighted by atomic mass is 10.1. The molecule has 0 bridgehead atoms. The SMILES string of the molecule is Cc1ccnc(C(O)C(O)CC(N)=O)n1. The van der Waals surface area contributed by atoms with E-state index in [1.807, 2.05) is 0 Å². The van der Waals surface area contributed by atoms with Crippen molar-refractivity contribution in [1.82, 2.24) is 9.97 Å². The largest absolute Gasteiger partial charge is 0.389 e. The summed E-state index contributed by atoms with van der Waals surface area (Å²) in [6, 6.07) is 1.66. The summed E-state index contributed by atoms with van der Waals surface area (Å²) < 4.78 is 0. The second-order valence-electron chi connectivity index (χ2n) is 3.24. The van der Waals surface area contributed by atoms with Crippen molar-refractivity contribution >= 4 is 5.91 Å². The number of aryl methyl sites for hydroxylation is 1. The van der Waals surface area contributed by atoms with Gasteiger partial charge < -0.3 is 15.9 Å². The van der Waals surface area contributed by atoms with Crippen LogP contribution in [0.1, 0.15) is 24.0 Å². The third-order valence-corrected chi connectivity index (χ3v) is 1.85. The van der Waals surface area contributed by atoms with Crippen LogP contribution in [0.3, 0.4) is 0 Å². The molecule has 1 amide bonds. The fourth-order valence-corrected chi connectivity index (χ4v) is 1.10. The molecule has 2 atom stereocenters. The predicted molar refractivity (Wildman–Crippen MR) is 51.5 cm³/mol. The molecule has 0 aliphatic rings. The molecule has 1 heterocycles. The van der Waals surface area contributed by atoms with Crippen LogP contribution >= 0.6 is 0 Å². The van der Waals surface area contributed by atoms with E-state index in [-0.39, 0.29) is 12.2 Å². The summed E-state index contributed by atoms with van der Waals surface area (Å²) in [5.74, 6) is -0.599. The molecule has 0 saturated carbocycles. The van der Waals surface area contributed by atoms with Crippen LogP contribution < -0.4 is 5.73 Å². The van der Waals surface area contributed by atoms with Gasteiger partial charge in [0.25, 0.3) is 0 Å². The van der Waals surface area contributed by atoms with Crippen LogP contribution in [0.4, 0.5) is 0 Å². The first-order valence-corrected chi connectivity index (χ1v) is 4.44. The van der Waals surface area contributed by atoms with Gasteiger partial charge in [0.15, 0.2) is 5.82 Å². The first kappa shape index (κ1) is 11.5. The van der Waals surface area contributed by atoms with Gasteiger partial charge in [-0.05, 0) is 13.0 Å². The Morgan fingerprint density at radius 1 is 1.60 bits per heavy atom. The molecule has 1 aromatic rings. The molecule has 82 valence electrons. The van der Waals surface area contributed by atoms with Crippen LogP contribution in [0.2, 0.25) is 0 Å². The van der Waals surface area contributed by atoms with Crippen LogP contribution in [0.25, 0.3) is 0 Å². The average Bonchev–Trinajstić information content (AvgIpc) is 2.15. The van der Waals surface area contributed by atoms with E-state index < -0.39 is 18.1 Å². The zero-order valence-electron chi connectivity index (χ0n) is 8.29. The van der Waals surface area contributed by atoms with Gasteiger partial charge in [-0.15, -0.1) is 0 Å². The third-order valence-electron chi connectivity index (χ3n) is 1.85. The average molecular weight is 211 g/mol. The van der Waals surface area contributed by atoms with Gasteiger partial charge in [0.05, 0.1) is 12.5 Å². The maximum Gasteiger partial charge on any atom is 0.220 e. The van der Waals surface area contributed by atoms with Gasteiger partial charge in [0.2, 0.25) is 5.91 Å². The summed E-state index contributed by atoms with van der Waals surface area (Å²) in [4.78, 5) is 18.2. The molecular weight excluding hydrogens is 198 g/mol. The van der Waals surface area contributed by atoms with E-state index in [0.717, 1.165) is 0 Å². The summed E-state index contributed by atoms with van der Waals surface area (Å²) in [6.07, 6.45) is -1.42. The van der Waals surface area contributed by atoms with Gasteiger partial charge in [-0.25, -0.2) is 9.97 Å². The number of hydrogen-bond donors (Lipinski definition) is 3. The van der Waals surface area contributed by atoms with E-state index in [1.54, 1.807) is 13.0 Å². The molecular formula is C9H13N3O3. The molecule has 6 heteroatoms. The van der Waals surface area contributed by atoms with Gasteiger partial charge in [-0.3, -0.25) is 4.79 Å². The first-order chi connectivity index (χ1) is 7.00. The zero-order chi connectivity index (χ0) is 11.4. The maximum atomic E-state index is 10.5. The topological polar surface area (TPSA) is 109 Å². The lowest BCUT2D eigenvalue weighted by molar-refractivity contribution is -0.121. The lowest BCUT2D eigenvalue weighted by Gasteiger charge is -2.14. The van der Waals surface area contributed by atoms with Crippen LogP contribution in [0, 0.1) is 6.92 Å². The standard InChI is InChI=1S/C9H13N3O3/c1-5-2-3-11-9(12-5)8(15)6(13)4-7(10)14/h2-3,6,8,13,15H,4H2,1H3,(H2,10,14). The fourth-order valence-electron chi connectivity index (χ4n) is 1.10. The quantitative estimate of drug-likeness (QED) is 0.595. The van der Waals surface area contributed by atoms with E-state index >= 15 is 0 Å². The summed E-state index contributed by atoms with van der Waals surface area (Å²) in [5.41, 5.74) is 5.56. The van der Waals surface area contributed by atoms with Crippen molar-refractivity contribution < 1.29 is 15.0 Å². The summed E-state index contributed by atoms with van der Waals surface area (Å²) >= 11 is 0. The fraction of sp³-hybridized carbons (Fsp3) is 0.444. The van der Waals surface area contributed by atoms with Gasteiger partial charge in [-0.1, -0.05) is 0 Å². The second-order valence-corrected chi connectivity index (χ2v) is 3.24. The number of nitrogens with two attached hydrogens (primary N) is 1. The predicted octanol–water partition coefficient (Wildman–Crippen LogP) is -0.945. The summed E-state index contributed by atoms with van der Waals surface area (Å²) in [5, 5.41) is 19.0. The highest BCUT2D eigenvalue weighted by Crippen LogP contribution is 2.14. The van der Waals surface area contributed by atoms with Crippen molar-refractivity contribution in [3.8, 4) is 0 Å². The van der Waals surface area contributed by atoms with Crippen molar-refractivity contribution in [3.63, 3.8) is 0 Å². The highest BCUT2D eigenvalue weighted by atomic mass is 16.3. The van der Waals surface area contributed by atoms with E-state index in [0.29, 0.717) is 5.69 Å². The summed E-state index contributed by atoms with van der Waals surface area (Å²) in [6.45, 7) is 1.73. The Labute approximate surface area is 86.8 Å². The molecule has 0 aromatic carbocycles. The molecule has 2 unspecified atom stereocenters. The lowest BCUT2D eigenvalue weighted by Crippen LogP contribution is -2.26.